The summed E-state index contributed by atoms with van der Waals surface area (Å²) in [7, 11) is -0.796. The Balaban J connectivity index is 2.13. The van der Waals surface area contributed by atoms with Crippen LogP contribution in [0.25, 0.3) is 5.65 Å². The molecule has 15 heavy (non-hydrogen) atoms. The Kier molecular flexibility index (Phi) is 2.91. The van der Waals surface area contributed by atoms with E-state index in [0.29, 0.717) is 23.8 Å². The lowest BCUT2D eigenvalue weighted by atomic mass is 10.6. The molecule has 0 aromatic carbocycles. The zero-order valence-corrected chi connectivity index (χ0v) is 9.07. The van der Waals surface area contributed by atoms with Crippen LogP contribution in [0.2, 0.25) is 0 Å². The van der Waals surface area contributed by atoms with Gasteiger partial charge in [0.2, 0.25) is 5.65 Å². The lowest BCUT2D eigenvalue weighted by molar-refractivity contribution is 0.687. The lowest BCUT2D eigenvalue weighted by Gasteiger charge is -2.04. The van der Waals surface area contributed by atoms with Gasteiger partial charge in [0.25, 0.3) is 0 Å². The highest BCUT2D eigenvalue weighted by Gasteiger charge is 2.03. The molecule has 0 amide bonds. The van der Waals surface area contributed by atoms with Crippen LogP contribution in [0.4, 0.5) is 5.82 Å². The van der Waals surface area contributed by atoms with Gasteiger partial charge in [0.1, 0.15) is 6.33 Å². The van der Waals surface area contributed by atoms with Crippen LogP contribution < -0.4 is 5.32 Å². The van der Waals surface area contributed by atoms with Gasteiger partial charge in [-0.3, -0.25) is 8.61 Å². The fourth-order valence-electron chi connectivity index (χ4n) is 1.20. The first-order valence-electron chi connectivity index (χ1n) is 4.45. The van der Waals surface area contributed by atoms with E-state index in [4.69, 9.17) is 0 Å². The SMILES string of the molecule is CS(=O)CCNc1nccn2cnnc12. The maximum Gasteiger partial charge on any atom is 0.203 e. The predicted octanol–water partition coefficient (Wildman–Crippen LogP) is -0.0853. The van der Waals surface area contributed by atoms with Crippen molar-refractivity contribution in [1.82, 2.24) is 19.6 Å². The molecule has 6 nitrogen and oxygen atoms in total. The molecule has 1 atom stereocenters. The van der Waals surface area contributed by atoms with Crippen molar-refractivity contribution in [2.45, 2.75) is 0 Å². The number of aromatic nitrogens is 4. The van der Waals surface area contributed by atoms with E-state index in [1.807, 2.05) is 0 Å². The van der Waals surface area contributed by atoms with E-state index in [9.17, 15) is 4.21 Å². The van der Waals surface area contributed by atoms with E-state index in [1.165, 1.54) is 0 Å². The van der Waals surface area contributed by atoms with Crippen LogP contribution in [-0.4, -0.2) is 42.3 Å². The van der Waals surface area contributed by atoms with Crippen molar-refractivity contribution in [1.29, 1.82) is 0 Å². The van der Waals surface area contributed by atoms with Crippen LogP contribution in [0, 0.1) is 0 Å². The Morgan fingerprint density at radius 2 is 2.47 bits per heavy atom. The summed E-state index contributed by atoms with van der Waals surface area (Å²) in [6.45, 7) is 0.614. The van der Waals surface area contributed by atoms with Gasteiger partial charge in [-0.15, -0.1) is 10.2 Å². The second kappa shape index (κ2) is 4.35. The summed E-state index contributed by atoms with van der Waals surface area (Å²) in [5.74, 6) is 1.26. The maximum atomic E-state index is 10.9. The van der Waals surface area contributed by atoms with E-state index < -0.39 is 10.8 Å². The predicted molar refractivity (Wildman–Crippen MR) is 58.2 cm³/mol. The van der Waals surface area contributed by atoms with E-state index in [1.54, 1.807) is 29.4 Å². The Morgan fingerprint density at radius 1 is 1.60 bits per heavy atom. The molecule has 0 aliphatic rings. The van der Waals surface area contributed by atoms with Gasteiger partial charge in [0.05, 0.1) is 0 Å². The van der Waals surface area contributed by atoms with E-state index in [-0.39, 0.29) is 0 Å². The summed E-state index contributed by atoms with van der Waals surface area (Å²) in [4.78, 5) is 4.14. The van der Waals surface area contributed by atoms with E-state index in [0.717, 1.165) is 0 Å². The van der Waals surface area contributed by atoms with Gasteiger partial charge in [-0.1, -0.05) is 0 Å². The number of hydrogen-bond donors (Lipinski definition) is 1. The first kappa shape index (κ1) is 10.0. The fourth-order valence-corrected chi connectivity index (χ4v) is 1.59. The zero-order valence-electron chi connectivity index (χ0n) is 8.25. The number of nitrogens with zero attached hydrogens (tertiary/aromatic N) is 4. The molecule has 0 aliphatic carbocycles. The van der Waals surface area contributed by atoms with Crippen LogP contribution in [0.15, 0.2) is 18.7 Å². The molecule has 0 saturated carbocycles. The number of rotatable bonds is 4. The van der Waals surface area contributed by atoms with E-state index in [2.05, 4.69) is 20.5 Å². The lowest BCUT2D eigenvalue weighted by Crippen LogP contribution is -2.11. The Morgan fingerprint density at radius 3 is 3.27 bits per heavy atom. The summed E-state index contributed by atoms with van der Waals surface area (Å²) >= 11 is 0. The summed E-state index contributed by atoms with van der Waals surface area (Å²) in [5.41, 5.74) is 0.680. The van der Waals surface area contributed by atoms with Crippen molar-refractivity contribution >= 4 is 22.3 Å². The fraction of sp³-hybridized carbons (Fsp3) is 0.375. The molecule has 0 aliphatic heterocycles. The molecule has 0 bridgehead atoms. The maximum absolute atomic E-state index is 10.9. The molecular formula is C8H11N5OS. The smallest absolute Gasteiger partial charge is 0.203 e. The van der Waals surface area contributed by atoms with Gasteiger partial charge in [-0.2, -0.15) is 0 Å². The third-order valence-electron chi connectivity index (χ3n) is 1.90. The molecular weight excluding hydrogens is 214 g/mol. The molecule has 0 fully saturated rings. The van der Waals surface area contributed by atoms with Gasteiger partial charge in [-0.25, -0.2) is 4.98 Å². The second-order valence-corrected chi connectivity index (χ2v) is 4.60. The van der Waals surface area contributed by atoms with Crippen LogP contribution in [-0.2, 0) is 10.8 Å². The molecule has 2 rings (SSSR count). The van der Waals surface area contributed by atoms with Gasteiger partial charge < -0.3 is 5.32 Å². The topological polar surface area (TPSA) is 72.2 Å². The van der Waals surface area contributed by atoms with Crippen molar-refractivity contribution in [3.8, 4) is 0 Å². The standard InChI is InChI=1S/C8H11N5OS/c1-15(14)5-3-10-7-8-12-11-6-13(8)4-2-9-7/h2,4,6H,3,5H2,1H3,(H,9,10). The summed E-state index contributed by atoms with van der Waals surface area (Å²) < 4.78 is 12.6. The minimum absolute atomic E-state index is 0.594. The molecule has 1 N–H and O–H groups in total. The second-order valence-electron chi connectivity index (χ2n) is 3.04. The number of fused-ring (bicyclic) bond motifs is 1. The molecule has 7 heteroatoms. The summed E-state index contributed by atoms with van der Waals surface area (Å²) in [6, 6.07) is 0. The van der Waals surface area contributed by atoms with Crippen LogP contribution in [0.5, 0.6) is 0 Å². The molecule has 0 radical (unpaired) electrons. The molecule has 2 aromatic heterocycles. The van der Waals surface area contributed by atoms with Crippen LogP contribution >= 0.6 is 0 Å². The average molecular weight is 225 g/mol. The molecule has 0 spiro atoms. The van der Waals surface area contributed by atoms with E-state index >= 15 is 0 Å². The molecule has 2 heterocycles. The van der Waals surface area contributed by atoms with Crippen LogP contribution in [0.1, 0.15) is 0 Å². The molecule has 0 saturated heterocycles. The molecule has 80 valence electrons. The van der Waals surface area contributed by atoms with Gasteiger partial charge in [0.15, 0.2) is 5.82 Å². The normalized spacial score (nSPS) is 12.9. The van der Waals surface area contributed by atoms with Gasteiger partial charge >= 0.3 is 0 Å². The highest BCUT2D eigenvalue weighted by Crippen LogP contribution is 2.08. The Labute approximate surface area is 89.2 Å². The van der Waals surface area contributed by atoms with Gasteiger partial charge in [-0.05, 0) is 0 Å². The highest BCUT2D eigenvalue weighted by molar-refractivity contribution is 7.84. The van der Waals surface area contributed by atoms with Gasteiger partial charge in [0, 0.05) is 41.7 Å². The third kappa shape index (κ3) is 2.30. The minimum atomic E-state index is -0.796. The van der Waals surface area contributed by atoms with Crippen molar-refractivity contribution in [2.75, 3.05) is 23.9 Å². The van der Waals surface area contributed by atoms with Crippen LogP contribution in [0.3, 0.4) is 0 Å². The first-order valence-corrected chi connectivity index (χ1v) is 6.18. The number of anilines is 1. The quantitative estimate of drug-likeness (QED) is 0.787. The Hall–Kier alpha value is -1.50. The first-order chi connectivity index (χ1) is 7.27. The van der Waals surface area contributed by atoms with Crippen molar-refractivity contribution in [3.05, 3.63) is 18.7 Å². The monoisotopic (exact) mass is 225 g/mol. The zero-order chi connectivity index (χ0) is 10.7. The average Bonchev–Trinajstić information content (AvgIpc) is 2.65. The molecule has 1 unspecified atom stereocenters. The Bertz CT molecular complexity index is 483. The number of nitrogens with one attached hydrogen (secondary N) is 1. The largest absolute Gasteiger partial charge is 0.366 e. The summed E-state index contributed by atoms with van der Waals surface area (Å²) in [6.07, 6.45) is 6.73. The van der Waals surface area contributed by atoms with Crippen molar-refractivity contribution in [3.63, 3.8) is 0 Å². The number of hydrogen-bond acceptors (Lipinski definition) is 5. The molecule has 2 aromatic rings. The van der Waals surface area contributed by atoms with Crippen molar-refractivity contribution in [2.24, 2.45) is 0 Å². The minimum Gasteiger partial charge on any atom is -0.366 e. The van der Waals surface area contributed by atoms with Crippen molar-refractivity contribution < 1.29 is 4.21 Å². The summed E-state index contributed by atoms with van der Waals surface area (Å²) in [5, 5.41) is 10.8. The third-order valence-corrected chi connectivity index (χ3v) is 2.68. The highest BCUT2D eigenvalue weighted by atomic mass is 32.2.